The van der Waals surface area contributed by atoms with E-state index >= 15 is 0 Å². The summed E-state index contributed by atoms with van der Waals surface area (Å²) in [7, 11) is 4.09. The molecule has 112 valence electrons. The number of nitrogens with two attached hydrogens (primary N) is 1. The zero-order valence-electron chi connectivity index (χ0n) is 12.5. The first kappa shape index (κ1) is 16.9. The van der Waals surface area contributed by atoms with E-state index in [4.69, 9.17) is 5.73 Å². The lowest BCUT2D eigenvalue weighted by atomic mass is 9.97. The molecule has 0 aromatic carbocycles. The molecule has 0 saturated heterocycles. The van der Waals surface area contributed by atoms with E-state index in [1.165, 1.54) is 0 Å². The van der Waals surface area contributed by atoms with Gasteiger partial charge in [0.2, 0.25) is 0 Å². The van der Waals surface area contributed by atoms with Crippen LogP contribution in [0.1, 0.15) is 37.0 Å². The number of carbonyl (C=O) groups excluding carboxylic acids is 1. The van der Waals surface area contributed by atoms with Crippen molar-refractivity contribution in [3.8, 4) is 0 Å². The third-order valence-corrected chi connectivity index (χ3v) is 3.34. The molecule has 0 radical (unpaired) electrons. The number of halogens is 1. The molecule has 20 heavy (non-hydrogen) atoms. The molecule has 6 heteroatoms. The van der Waals surface area contributed by atoms with E-state index in [1.807, 2.05) is 27.9 Å². The van der Waals surface area contributed by atoms with Gasteiger partial charge in [0.1, 0.15) is 10.4 Å². The molecule has 1 rings (SSSR count). The second-order valence-corrected chi connectivity index (χ2v) is 6.66. The lowest BCUT2D eigenvalue weighted by molar-refractivity contribution is 0.0907. The first-order valence-corrected chi connectivity index (χ1v) is 7.39. The van der Waals surface area contributed by atoms with Crippen LogP contribution in [0.25, 0.3) is 0 Å². The molecule has 0 fully saturated rings. The van der Waals surface area contributed by atoms with Crippen LogP contribution in [0.4, 0.5) is 5.82 Å². The average molecular weight is 343 g/mol. The molecule has 0 aliphatic heterocycles. The van der Waals surface area contributed by atoms with E-state index in [1.54, 1.807) is 12.1 Å². The molecule has 0 bridgehead atoms. The predicted octanol–water partition coefficient (Wildman–Crippen LogP) is 2.28. The second-order valence-electron chi connectivity index (χ2n) is 5.85. The summed E-state index contributed by atoms with van der Waals surface area (Å²) < 4.78 is 0.563. The molecular weight excluding hydrogens is 320 g/mol. The second kappa shape index (κ2) is 7.04. The summed E-state index contributed by atoms with van der Waals surface area (Å²) in [6.45, 7) is 5.06. The minimum Gasteiger partial charge on any atom is -0.384 e. The number of pyridine rings is 1. The molecule has 0 aliphatic rings. The van der Waals surface area contributed by atoms with Crippen LogP contribution < -0.4 is 11.1 Å². The molecule has 0 aliphatic carbocycles. The summed E-state index contributed by atoms with van der Waals surface area (Å²) in [5.74, 6) is 0.199. The number of anilines is 1. The highest BCUT2D eigenvalue weighted by Gasteiger charge is 2.21. The Morgan fingerprint density at radius 2 is 2.10 bits per heavy atom. The summed E-state index contributed by atoms with van der Waals surface area (Å²) >= 11 is 3.24. The summed E-state index contributed by atoms with van der Waals surface area (Å²) in [5.41, 5.74) is 5.91. The molecule has 0 saturated carbocycles. The lowest BCUT2D eigenvalue weighted by Gasteiger charge is -2.27. The van der Waals surface area contributed by atoms with Crippen LogP contribution in [0.15, 0.2) is 16.7 Å². The lowest BCUT2D eigenvalue weighted by Crippen LogP contribution is -2.43. The van der Waals surface area contributed by atoms with Gasteiger partial charge in [-0.25, -0.2) is 4.98 Å². The minimum absolute atomic E-state index is 0.130. The number of hydrogen-bond donors (Lipinski definition) is 2. The standard InChI is InChI=1S/C14H23BrN4O/c1-14(2,6-5-7-19(3)4)18-13(20)10-8-11(15)17-12(16)9-10/h8-9H,5-7H2,1-4H3,(H2,16,17)(H,18,20). The number of nitrogen functional groups attached to an aromatic ring is 1. The fourth-order valence-electron chi connectivity index (χ4n) is 1.93. The van der Waals surface area contributed by atoms with Crippen molar-refractivity contribution in [2.75, 3.05) is 26.4 Å². The predicted molar refractivity (Wildman–Crippen MR) is 85.7 cm³/mol. The van der Waals surface area contributed by atoms with Gasteiger partial charge in [-0.3, -0.25) is 4.79 Å². The summed E-state index contributed by atoms with van der Waals surface area (Å²) in [6, 6.07) is 3.25. The SMILES string of the molecule is CN(C)CCCC(C)(C)NC(=O)c1cc(N)nc(Br)c1. The van der Waals surface area contributed by atoms with Gasteiger partial charge in [0.05, 0.1) is 0 Å². The topological polar surface area (TPSA) is 71.2 Å². The summed E-state index contributed by atoms with van der Waals surface area (Å²) in [5, 5.41) is 3.04. The number of rotatable bonds is 6. The molecule has 1 amide bonds. The van der Waals surface area contributed by atoms with Crippen LogP contribution in [-0.2, 0) is 0 Å². The van der Waals surface area contributed by atoms with Gasteiger partial charge in [-0.1, -0.05) is 0 Å². The van der Waals surface area contributed by atoms with Gasteiger partial charge in [-0.05, 0) is 75.4 Å². The van der Waals surface area contributed by atoms with Crippen molar-refractivity contribution in [1.82, 2.24) is 15.2 Å². The normalized spacial score (nSPS) is 11.7. The number of nitrogens with zero attached hydrogens (tertiary/aromatic N) is 2. The van der Waals surface area contributed by atoms with Gasteiger partial charge >= 0.3 is 0 Å². The maximum absolute atomic E-state index is 12.2. The molecule has 1 aromatic rings. The third-order valence-electron chi connectivity index (χ3n) is 2.94. The van der Waals surface area contributed by atoms with E-state index < -0.39 is 0 Å². The van der Waals surface area contributed by atoms with E-state index in [-0.39, 0.29) is 11.4 Å². The molecule has 1 aromatic heterocycles. The Morgan fingerprint density at radius 3 is 2.65 bits per heavy atom. The minimum atomic E-state index is -0.252. The third kappa shape index (κ3) is 5.88. The Bertz CT molecular complexity index is 454. The highest BCUT2D eigenvalue weighted by molar-refractivity contribution is 9.10. The van der Waals surface area contributed by atoms with Gasteiger partial charge in [0, 0.05) is 11.1 Å². The van der Waals surface area contributed by atoms with Crippen molar-refractivity contribution in [3.63, 3.8) is 0 Å². The number of carbonyl (C=O) groups is 1. The highest BCUT2D eigenvalue weighted by Crippen LogP contribution is 2.16. The van der Waals surface area contributed by atoms with Crippen LogP contribution in [0.2, 0.25) is 0 Å². The van der Waals surface area contributed by atoms with Crippen LogP contribution in [0, 0.1) is 0 Å². The van der Waals surface area contributed by atoms with Crippen molar-refractivity contribution in [2.24, 2.45) is 0 Å². The van der Waals surface area contributed by atoms with Crippen LogP contribution in [0.3, 0.4) is 0 Å². The van der Waals surface area contributed by atoms with Crippen LogP contribution in [0.5, 0.6) is 0 Å². The van der Waals surface area contributed by atoms with Crippen molar-refractivity contribution in [2.45, 2.75) is 32.2 Å². The number of aromatic nitrogens is 1. The average Bonchev–Trinajstić information content (AvgIpc) is 2.25. The fraction of sp³-hybridized carbons (Fsp3) is 0.571. The van der Waals surface area contributed by atoms with Gasteiger partial charge < -0.3 is 16.0 Å². The van der Waals surface area contributed by atoms with Gasteiger partial charge in [0.25, 0.3) is 5.91 Å². The van der Waals surface area contributed by atoms with Gasteiger partial charge in [-0.15, -0.1) is 0 Å². The maximum atomic E-state index is 12.2. The molecule has 0 unspecified atom stereocenters. The quantitative estimate of drug-likeness (QED) is 0.778. The summed E-state index contributed by atoms with van der Waals surface area (Å²) in [4.78, 5) is 18.4. The van der Waals surface area contributed by atoms with E-state index in [9.17, 15) is 4.79 Å². The first-order valence-electron chi connectivity index (χ1n) is 6.60. The van der Waals surface area contributed by atoms with Crippen LogP contribution in [-0.4, -0.2) is 42.0 Å². The maximum Gasteiger partial charge on any atom is 0.251 e. The van der Waals surface area contributed by atoms with Crippen molar-refractivity contribution >= 4 is 27.7 Å². The molecule has 0 atom stereocenters. The Labute approximate surface area is 129 Å². The first-order chi connectivity index (χ1) is 9.19. The number of amides is 1. The van der Waals surface area contributed by atoms with Crippen LogP contribution >= 0.6 is 15.9 Å². The Hall–Kier alpha value is -1.14. The van der Waals surface area contributed by atoms with Gasteiger partial charge in [0.15, 0.2) is 0 Å². The molecule has 0 spiro atoms. The summed E-state index contributed by atoms with van der Waals surface area (Å²) in [6.07, 6.45) is 1.95. The van der Waals surface area contributed by atoms with E-state index in [2.05, 4.69) is 31.1 Å². The Kier molecular flexibility index (Phi) is 5.95. The molecule has 1 heterocycles. The largest absolute Gasteiger partial charge is 0.384 e. The van der Waals surface area contributed by atoms with Crippen molar-refractivity contribution in [3.05, 3.63) is 22.3 Å². The molecule has 3 N–H and O–H groups in total. The zero-order chi connectivity index (χ0) is 15.3. The molecule has 5 nitrogen and oxygen atoms in total. The van der Waals surface area contributed by atoms with Crippen molar-refractivity contribution in [1.29, 1.82) is 0 Å². The van der Waals surface area contributed by atoms with E-state index in [0.717, 1.165) is 19.4 Å². The smallest absolute Gasteiger partial charge is 0.251 e. The van der Waals surface area contributed by atoms with Gasteiger partial charge in [-0.2, -0.15) is 0 Å². The zero-order valence-corrected chi connectivity index (χ0v) is 14.1. The Morgan fingerprint density at radius 1 is 1.45 bits per heavy atom. The number of nitrogens with one attached hydrogen (secondary N) is 1. The van der Waals surface area contributed by atoms with E-state index in [0.29, 0.717) is 16.0 Å². The Balaban J connectivity index is 2.64. The number of hydrogen-bond acceptors (Lipinski definition) is 4. The molecular formula is C14H23BrN4O. The fourth-order valence-corrected chi connectivity index (χ4v) is 2.38. The van der Waals surface area contributed by atoms with Crippen molar-refractivity contribution < 1.29 is 4.79 Å². The highest BCUT2D eigenvalue weighted by atomic mass is 79.9. The monoisotopic (exact) mass is 342 g/mol.